The normalized spacial score (nSPS) is 15.6. The molecule has 0 fully saturated rings. The minimum Gasteiger partial charge on any atom is -0.598 e. The molecule has 1 rings (SSSR count). The molecule has 0 saturated heterocycles. The monoisotopic (exact) mass is 335 g/mol. The maximum atomic E-state index is 12.1. The fraction of sp³-hybridized carbons (Fsp3) is 0.500. The lowest BCUT2D eigenvalue weighted by Crippen LogP contribution is -2.41. The number of rotatable bonds is 5. The molecular weight excluding hydrogens is 318 g/mol. The standard InChI is InChI=1S/C12H18BrNOS2/c1-5-6-10(11-7-9(13)8-16-11)14-17(15)12(2,3)4/h5,7-8,10,14H,1,6H2,2-4H3/t10-,17?/m0/s1. The maximum absolute atomic E-state index is 12.1. The van der Waals surface area contributed by atoms with Crippen molar-refractivity contribution in [1.29, 1.82) is 0 Å². The van der Waals surface area contributed by atoms with E-state index in [9.17, 15) is 4.55 Å². The first-order valence-electron chi connectivity index (χ1n) is 5.37. The molecule has 2 nitrogen and oxygen atoms in total. The van der Waals surface area contributed by atoms with Crippen LogP contribution in [-0.2, 0) is 11.4 Å². The van der Waals surface area contributed by atoms with Crippen molar-refractivity contribution in [1.82, 2.24) is 4.72 Å². The maximum Gasteiger partial charge on any atom is 0.136 e. The molecule has 0 saturated carbocycles. The van der Waals surface area contributed by atoms with Gasteiger partial charge < -0.3 is 4.55 Å². The molecule has 0 spiro atoms. The fourth-order valence-corrected chi connectivity index (χ4v) is 3.63. The predicted octanol–water partition coefficient (Wildman–Crippen LogP) is 4.18. The third kappa shape index (κ3) is 4.75. The minimum atomic E-state index is -1.07. The molecule has 1 unspecified atom stereocenters. The molecule has 0 amide bonds. The van der Waals surface area contributed by atoms with Crippen LogP contribution in [-0.4, -0.2) is 9.30 Å². The number of halogens is 1. The molecule has 2 atom stereocenters. The topological polar surface area (TPSA) is 35.1 Å². The van der Waals surface area contributed by atoms with Gasteiger partial charge in [0.2, 0.25) is 0 Å². The zero-order valence-electron chi connectivity index (χ0n) is 10.3. The van der Waals surface area contributed by atoms with Crippen LogP contribution in [0, 0.1) is 0 Å². The Hall–Kier alpha value is 0.190. The average Bonchev–Trinajstić information content (AvgIpc) is 2.62. The molecule has 0 bridgehead atoms. The van der Waals surface area contributed by atoms with Crippen LogP contribution < -0.4 is 4.72 Å². The Morgan fingerprint density at radius 2 is 2.29 bits per heavy atom. The third-order valence-corrected chi connectivity index (χ3v) is 5.56. The Morgan fingerprint density at radius 1 is 1.65 bits per heavy atom. The number of nitrogens with one attached hydrogen (secondary N) is 1. The molecule has 1 N–H and O–H groups in total. The Kier molecular flexibility index (Phi) is 5.73. The first-order valence-corrected chi connectivity index (χ1v) is 8.19. The summed E-state index contributed by atoms with van der Waals surface area (Å²) < 4.78 is 16.1. The molecule has 1 aromatic rings. The molecule has 0 radical (unpaired) electrons. The molecule has 1 aromatic heterocycles. The van der Waals surface area contributed by atoms with Gasteiger partial charge in [-0.15, -0.1) is 22.6 Å². The number of hydrogen-bond acceptors (Lipinski definition) is 3. The van der Waals surface area contributed by atoms with Crippen LogP contribution in [0.1, 0.15) is 38.1 Å². The highest BCUT2D eigenvalue weighted by Gasteiger charge is 2.29. The summed E-state index contributed by atoms with van der Waals surface area (Å²) in [6.45, 7) is 9.65. The smallest absolute Gasteiger partial charge is 0.136 e. The molecule has 0 aliphatic carbocycles. The average molecular weight is 336 g/mol. The summed E-state index contributed by atoms with van der Waals surface area (Å²) in [5, 5.41) is 2.03. The van der Waals surface area contributed by atoms with Crippen LogP contribution in [0.3, 0.4) is 0 Å². The highest BCUT2D eigenvalue weighted by atomic mass is 79.9. The van der Waals surface area contributed by atoms with Crippen molar-refractivity contribution in [3.05, 3.63) is 33.5 Å². The van der Waals surface area contributed by atoms with Crippen molar-refractivity contribution in [2.24, 2.45) is 0 Å². The molecule has 5 heteroatoms. The third-order valence-electron chi connectivity index (χ3n) is 2.14. The quantitative estimate of drug-likeness (QED) is 0.647. The molecule has 0 aliphatic heterocycles. The van der Waals surface area contributed by atoms with Crippen LogP contribution in [0.4, 0.5) is 0 Å². The second kappa shape index (κ2) is 6.38. The summed E-state index contributed by atoms with van der Waals surface area (Å²) in [5.74, 6) is 0. The summed E-state index contributed by atoms with van der Waals surface area (Å²) in [4.78, 5) is 1.18. The summed E-state index contributed by atoms with van der Waals surface area (Å²) >= 11 is 4.03. The lowest BCUT2D eigenvalue weighted by Gasteiger charge is -2.27. The minimum absolute atomic E-state index is 0.0730. The molecular formula is C12H18BrNOS2. The first-order chi connectivity index (χ1) is 7.84. The van der Waals surface area contributed by atoms with Crippen LogP contribution in [0.2, 0.25) is 0 Å². The zero-order valence-corrected chi connectivity index (χ0v) is 13.5. The van der Waals surface area contributed by atoms with Gasteiger partial charge in [-0.05, 0) is 49.2 Å². The molecule has 96 valence electrons. The van der Waals surface area contributed by atoms with Crippen molar-refractivity contribution in [2.75, 3.05) is 0 Å². The van der Waals surface area contributed by atoms with Crippen LogP contribution in [0.15, 0.2) is 28.6 Å². The van der Waals surface area contributed by atoms with E-state index in [4.69, 9.17) is 0 Å². The number of hydrogen-bond donors (Lipinski definition) is 1. The lowest BCUT2D eigenvalue weighted by molar-refractivity contribution is 0.526. The van der Waals surface area contributed by atoms with Crippen molar-refractivity contribution in [2.45, 2.75) is 38.0 Å². The summed E-state index contributed by atoms with van der Waals surface area (Å²) in [7, 11) is 0. The van der Waals surface area contributed by atoms with E-state index in [2.05, 4.69) is 33.3 Å². The lowest BCUT2D eigenvalue weighted by atomic mass is 10.2. The Bertz CT molecular complexity index is 373. The summed E-state index contributed by atoms with van der Waals surface area (Å²) in [5.41, 5.74) is 0. The molecule has 0 aliphatic rings. The molecule has 0 aromatic carbocycles. The number of thiophene rings is 1. The van der Waals surface area contributed by atoms with E-state index in [0.717, 1.165) is 10.9 Å². The SMILES string of the molecule is C=CC[C@H](N[S+]([O-])C(C)(C)C)c1cc(Br)cs1. The van der Waals surface area contributed by atoms with Crippen molar-refractivity contribution in [3.8, 4) is 0 Å². The second-order valence-electron chi connectivity index (χ2n) is 4.74. The van der Waals surface area contributed by atoms with Crippen molar-refractivity contribution in [3.63, 3.8) is 0 Å². The van der Waals surface area contributed by atoms with Gasteiger partial charge in [0.25, 0.3) is 0 Å². The Balaban J connectivity index is 2.77. The molecule has 17 heavy (non-hydrogen) atoms. The van der Waals surface area contributed by atoms with E-state index in [1.807, 2.05) is 32.2 Å². The van der Waals surface area contributed by atoms with Crippen LogP contribution in [0.5, 0.6) is 0 Å². The molecule has 1 heterocycles. The predicted molar refractivity (Wildman–Crippen MR) is 80.6 cm³/mol. The largest absolute Gasteiger partial charge is 0.598 e. The van der Waals surface area contributed by atoms with Crippen molar-refractivity contribution < 1.29 is 4.55 Å². The van der Waals surface area contributed by atoms with Gasteiger partial charge >= 0.3 is 0 Å². The van der Waals surface area contributed by atoms with Gasteiger partial charge in [-0.1, -0.05) is 6.08 Å². The van der Waals surface area contributed by atoms with E-state index in [0.29, 0.717) is 0 Å². The van der Waals surface area contributed by atoms with Gasteiger partial charge in [0.05, 0.1) is 6.04 Å². The van der Waals surface area contributed by atoms with E-state index in [-0.39, 0.29) is 10.8 Å². The Labute approximate surface area is 119 Å². The van der Waals surface area contributed by atoms with E-state index < -0.39 is 11.4 Å². The second-order valence-corrected chi connectivity index (χ2v) is 8.60. The van der Waals surface area contributed by atoms with Gasteiger partial charge in [-0.2, -0.15) is 0 Å². The highest BCUT2D eigenvalue weighted by molar-refractivity contribution is 9.10. The highest BCUT2D eigenvalue weighted by Crippen LogP contribution is 2.29. The summed E-state index contributed by atoms with van der Waals surface area (Å²) in [6.07, 6.45) is 2.62. The van der Waals surface area contributed by atoms with Gasteiger partial charge in [0.15, 0.2) is 0 Å². The van der Waals surface area contributed by atoms with E-state index in [1.54, 1.807) is 11.3 Å². The zero-order chi connectivity index (χ0) is 13.1. The van der Waals surface area contributed by atoms with Crippen molar-refractivity contribution >= 4 is 38.6 Å². The van der Waals surface area contributed by atoms with Crippen LogP contribution >= 0.6 is 27.3 Å². The van der Waals surface area contributed by atoms with Gasteiger partial charge in [-0.25, -0.2) is 0 Å². The van der Waals surface area contributed by atoms with Gasteiger partial charge in [0.1, 0.15) is 4.75 Å². The fourth-order valence-electron chi connectivity index (χ4n) is 1.21. The van der Waals surface area contributed by atoms with E-state index >= 15 is 0 Å². The van der Waals surface area contributed by atoms with Crippen LogP contribution in [0.25, 0.3) is 0 Å². The van der Waals surface area contributed by atoms with E-state index in [1.165, 1.54) is 4.88 Å². The van der Waals surface area contributed by atoms with Gasteiger partial charge in [-0.3, -0.25) is 0 Å². The van der Waals surface area contributed by atoms with Gasteiger partial charge in [0, 0.05) is 26.1 Å². The Morgan fingerprint density at radius 3 is 2.71 bits per heavy atom. The first kappa shape index (κ1) is 15.2. The summed E-state index contributed by atoms with van der Waals surface area (Å²) in [6, 6.07) is 2.13.